The Kier molecular flexibility index (Phi) is 43.0. The number of carboxylic acid groups (broad SMARTS) is 2. The number of aliphatic hydroxyl groups excluding tert-OH is 3. The SMILES string of the molecule is CC(C)(C)[Si](C)(C)OCC(=O)NNC(=O)C1CC(N)C1.CCOC(=O)C1CC(=O)C1.CCOC(=O)C1CC(N(Cc2ccccc2)Cc2ccccc2)C1.CN.NC1CC(c2nnc(CO)s2)C1.NC1CC(c2nnc(CO)s2)C1.NNC(=O)C1CC(N(Cc2ccccc2)Cc2ccccc2)C1.O=C(O)CO.O=C1CC(C(=O)O)C1. The summed E-state index contributed by atoms with van der Waals surface area (Å²) in [5, 5.41) is 59.9. The van der Waals surface area contributed by atoms with E-state index < -0.39 is 26.9 Å². The van der Waals surface area contributed by atoms with Gasteiger partial charge in [-0.2, -0.15) is 0 Å². The molecule has 6 aromatic rings. The Morgan fingerprint density at radius 1 is 0.500 bits per heavy atom. The van der Waals surface area contributed by atoms with E-state index in [9.17, 15) is 38.4 Å². The van der Waals surface area contributed by atoms with Gasteiger partial charge in [-0.05, 0) is 125 Å². The fourth-order valence-electron chi connectivity index (χ4n) is 12.4. The molecule has 31 nitrogen and oxygen atoms in total. The van der Waals surface area contributed by atoms with Gasteiger partial charge >= 0.3 is 23.9 Å². The maximum atomic E-state index is 11.9. The number of hydrazine groups is 2. The van der Waals surface area contributed by atoms with Crippen LogP contribution in [0.25, 0.3) is 0 Å². The Bertz CT molecular complexity index is 3780. The largest absolute Gasteiger partial charge is 0.481 e. The lowest BCUT2D eigenvalue weighted by atomic mass is 9.78. The minimum atomic E-state index is -1.94. The zero-order valence-electron chi connectivity index (χ0n) is 68.0. The van der Waals surface area contributed by atoms with E-state index in [0.717, 1.165) is 87.6 Å². The summed E-state index contributed by atoms with van der Waals surface area (Å²) in [6.45, 7) is 17.8. The zero-order valence-corrected chi connectivity index (χ0v) is 70.6. The average molecular weight is 1670 g/mol. The van der Waals surface area contributed by atoms with Gasteiger partial charge in [0.2, 0.25) is 11.8 Å². The number of hydrogen-bond donors (Lipinski definition) is 13. The Morgan fingerprint density at radius 2 is 0.836 bits per heavy atom. The summed E-state index contributed by atoms with van der Waals surface area (Å²) in [6.07, 6.45) is 10.2. The van der Waals surface area contributed by atoms with Crippen molar-refractivity contribution in [2.75, 3.05) is 33.5 Å². The zero-order chi connectivity index (χ0) is 85.5. The molecule has 0 spiro atoms. The maximum absolute atomic E-state index is 11.9. The van der Waals surface area contributed by atoms with Gasteiger partial charge in [0.25, 0.3) is 5.91 Å². The molecule has 2 aromatic heterocycles. The summed E-state index contributed by atoms with van der Waals surface area (Å²) in [4.78, 5) is 102. The van der Waals surface area contributed by atoms with Crippen LogP contribution in [0.5, 0.6) is 0 Å². The lowest BCUT2D eigenvalue weighted by molar-refractivity contribution is -0.155. The summed E-state index contributed by atoms with van der Waals surface area (Å²) in [6, 6.07) is 43.7. The maximum Gasteiger partial charge on any atom is 0.329 e. The van der Waals surface area contributed by atoms with Crippen molar-refractivity contribution < 1.29 is 82.6 Å². The summed E-state index contributed by atoms with van der Waals surface area (Å²) in [5.74, 6) is 3.18. The van der Waals surface area contributed by atoms with Gasteiger partial charge in [0.1, 0.15) is 44.8 Å². The number of nitrogens with zero attached hydrogens (tertiary/aromatic N) is 6. The summed E-state index contributed by atoms with van der Waals surface area (Å²) < 4.78 is 15.6. The number of carboxylic acids is 2. The quantitative estimate of drug-likeness (QED) is 0.00895. The normalized spacial score (nSPS) is 21.3. The smallest absolute Gasteiger partial charge is 0.329 e. The molecule has 34 heteroatoms. The summed E-state index contributed by atoms with van der Waals surface area (Å²) in [5.41, 5.74) is 33.7. The first-order valence-corrected chi connectivity index (χ1v) is 43.9. The van der Waals surface area contributed by atoms with Crippen molar-refractivity contribution in [3.05, 3.63) is 164 Å². The molecule has 0 bridgehead atoms. The van der Waals surface area contributed by atoms with Crippen molar-refractivity contribution >= 4 is 84.2 Å². The molecule has 7 aliphatic carbocycles. The molecule has 18 N–H and O–H groups in total. The average Bonchev–Trinajstić information content (AvgIpc) is 1.08. The number of esters is 2. The van der Waals surface area contributed by atoms with Gasteiger partial charge < -0.3 is 62.4 Å². The molecule has 0 saturated heterocycles. The number of nitrogens with two attached hydrogens (primary N) is 5. The lowest BCUT2D eigenvalue weighted by Gasteiger charge is -2.42. The minimum absolute atomic E-state index is 0.00353. The van der Waals surface area contributed by atoms with Crippen molar-refractivity contribution in [1.29, 1.82) is 0 Å². The van der Waals surface area contributed by atoms with E-state index in [0.29, 0.717) is 84.9 Å². The molecule has 0 atom stereocenters. The Labute approximate surface area is 689 Å². The second-order valence-corrected chi connectivity index (χ2v) is 37.8. The highest BCUT2D eigenvalue weighted by atomic mass is 32.1. The fraction of sp³-hybridized carbons (Fsp3) is 0.549. The van der Waals surface area contributed by atoms with E-state index in [1.54, 1.807) is 6.92 Å². The van der Waals surface area contributed by atoms with Crippen molar-refractivity contribution in [2.24, 2.45) is 58.4 Å². The molecule has 7 fully saturated rings. The van der Waals surface area contributed by atoms with E-state index in [2.05, 4.69) is 183 Å². The van der Waals surface area contributed by atoms with Crippen LogP contribution in [-0.2, 0) is 96.4 Å². The van der Waals surface area contributed by atoms with Crippen molar-refractivity contribution in [1.82, 2.24) is 46.5 Å². The number of ketones is 2. The minimum Gasteiger partial charge on any atom is -0.481 e. The van der Waals surface area contributed by atoms with Crippen LogP contribution < -0.4 is 45.1 Å². The number of amides is 3. The number of benzene rings is 4. The first-order valence-electron chi connectivity index (χ1n) is 39.3. The third kappa shape index (κ3) is 34.2. The van der Waals surface area contributed by atoms with Gasteiger partial charge in [0.05, 0.1) is 44.2 Å². The van der Waals surface area contributed by atoms with Crippen LogP contribution in [0.4, 0.5) is 0 Å². The fourth-order valence-corrected chi connectivity index (χ4v) is 14.9. The van der Waals surface area contributed by atoms with Crippen molar-refractivity contribution in [3.8, 4) is 0 Å². The van der Waals surface area contributed by atoms with Crippen LogP contribution in [0.15, 0.2) is 121 Å². The van der Waals surface area contributed by atoms with E-state index in [4.69, 9.17) is 67.3 Å². The Balaban J connectivity index is 0.000000245. The molecule has 7 aliphatic rings. The Hall–Kier alpha value is -8.59. The van der Waals surface area contributed by atoms with Crippen molar-refractivity contribution in [3.63, 3.8) is 0 Å². The highest BCUT2D eigenvalue weighted by Crippen LogP contribution is 2.40. The number of Topliss-reactive ketones (excluding diaryl/α,β-unsaturated/α-hetero) is 2. The number of aliphatic carboxylic acids is 2. The molecule has 0 radical (unpaired) electrons. The van der Waals surface area contributed by atoms with E-state index >= 15 is 0 Å². The number of hydrogen-bond acceptors (Lipinski definition) is 28. The highest BCUT2D eigenvalue weighted by molar-refractivity contribution is 7.11. The summed E-state index contributed by atoms with van der Waals surface area (Å²) >= 11 is 2.98. The number of rotatable bonds is 25. The van der Waals surface area contributed by atoms with E-state index in [1.165, 1.54) is 52.0 Å². The number of carbonyl (C=O) groups is 9. The van der Waals surface area contributed by atoms with Crippen LogP contribution in [0.2, 0.25) is 18.1 Å². The Morgan fingerprint density at radius 3 is 1.12 bits per heavy atom. The molecule has 4 aromatic carbocycles. The monoisotopic (exact) mass is 1670 g/mol. The third-order valence-corrected chi connectivity index (χ3v) is 27.4. The van der Waals surface area contributed by atoms with Crippen LogP contribution in [0.3, 0.4) is 0 Å². The number of aliphatic hydroxyl groups is 3. The summed E-state index contributed by atoms with van der Waals surface area (Å²) in [7, 11) is -0.441. The van der Waals surface area contributed by atoms with E-state index in [1.807, 2.05) is 31.2 Å². The van der Waals surface area contributed by atoms with Crippen molar-refractivity contribution in [2.45, 2.75) is 224 Å². The van der Waals surface area contributed by atoms with Gasteiger partial charge in [-0.3, -0.25) is 64.4 Å². The number of ether oxygens (including phenoxy) is 2. The van der Waals surface area contributed by atoms with Crippen LogP contribution in [0.1, 0.15) is 179 Å². The topological polar surface area (TPSA) is 507 Å². The molecule has 0 aliphatic heterocycles. The molecule has 0 unspecified atom stereocenters. The number of carbonyl (C=O) groups excluding carboxylic acids is 7. The van der Waals surface area contributed by atoms with Crippen LogP contribution >= 0.6 is 22.7 Å². The lowest BCUT2D eigenvalue weighted by Crippen LogP contribution is -2.52. The van der Waals surface area contributed by atoms with Crippen LogP contribution in [0, 0.1) is 29.6 Å². The van der Waals surface area contributed by atoms with Gasteiger partial charge in [0, 0.05) is 106 Å². The molecule has 13 rings (SSSR count). The molecule has 116 heavy (non-hydrogen) atoms. The standard InChI is InChI=1S/C21H25NO2.C19H23N3O.C13H27N3O3Si.2C7H11N3OS.C7H10O3.C5H6O3.C2H4O3.CH5N/c1-2-24-21(23)19-13-20(14-19)22(15-17-9-5-3-6-10-17)16-18-11-7-4-8-12-18;20-21-19(23)17-11-18(12-17)22(13-15-7-3-1-4-8-15)14-16-9-5-2-6-10-16;1-13(2,3)20(4,5)19-8-11(17)15-16-12(18)9-6-10(14)7-9;2*8-5-1-4(2-5)7-10-9-6(3-11)12-7;1-2-10-7(9)5-3-6(8)4-5;6-4-1-3(2-4)5(7)8;3-1-2(4)5;1-2/h3-12,19-20H,2,13-16H2,1H3;1-10,17-18H,11-14,20H2,(H,21,23);9-10H,6-8,14H2,1-5H3,(H,15,17)(H,16,18);2*4-5,11H,1-3,8H2;5H,2-4H2,1H3;3H,1-2H2,(H,7,8);3H,1H2,(H,4,5);2H2,1H3. The second-order valence-electron chi connectivity index (χ2n) is 30.8. The first-order chi connectivity index (χ1) is 55.3. The molecule has 2 heterocycles. The second kappa shape index (κ2) is 50.9. The number of nitrogens with one attached hydrogen (secondary N) is 3. The molecule has 638 valence electrons. The molecular formula is C82H122N14O17S2Si. The van der Waals surface area contributed by atoms with Gasteiger partial charge in [0.15, 0.2) is 8.32 Å². The van der Waals surface area contributed by atoms with Gasteiger partial charge in [-0.25, -0.2) is 10.6 Å². The highest BCUT2D eigenvalue weighted by Gasteiger charge is 2.42. The van der Waals surface area contributed by atoms with Gasteiger partial charge in [-0.15, -0.1) is 20.4 Å². The van der Waals surface area contributed by atoms with Gasteiger partial charge in [-0.1, -0.05) is 165 Å². The van der Waals surface area contributed by atoms with E-state index in [-0.39, 0.29) is 115 Å². The third-order valence-electron chi connectivity index (χ3n) is 20.8. The molecule has 3 amide bonds. The predicted octanol–water partition coefficient (Wildman–Crippen LogP) is 7.07. The predicted molar refractivity (Wildman–Crippen MR) is 443 cm³/mol. The van der Waals surface area contributed by atoms with Crippen LogP contribution in [-0.4, -0.2) is 181 Å². The number of aromatic nitrogens is 4. The molecular weight excluding hydrogens is 1550 g/mol. The first kappa shape index (κ1) is 98.0. The molecule has 7 saturated carbocycles.